The predicted molar refractivity (Wildman–Crippen MR) is 84.6 cm³/mol. The third-order valence-electron chi connectivity index (χ3n) is 3.55. The Morgan fingerprint density at radius 3 is 2.62 bits per heavy atom. The number of nitrogens with zero attached hydrogens (tertiary/aromatic N) is 1. The van der Waals surface area contributed by atoms with Crippen LogP contribution in [0.3, 0.4) is 0 Å². The number of halogens is 2. The average molecular weight is 343 g/mol. The van der Waals surface area contributed by atoms with Gasteiger partial charge in [0.2, 0.25) is 5.91 Å². The summed E-state index contributed by atoms with van der Waals surface area (Å²) in [6.45, 7) is 4.71. The minimum atomic E-state index is -1.01. The van der Waals surface area contributed by atoms with E-state index in [0.29, 0.717) is 26.2 Å². The summed E-state index contributed by atoms with van der Waals surface area (Å²) < 4.78 is 31.8. The maximum Gasteiger partial charge on any atom is 0.308 e. The number of benzene rings is 1. The van der Waals surface area contributed by atoms with Crippen molar-refractivity contribution >= 4 is 11.9 Å². The highest BCUT2D eigenvalue weighted by Gasteiger charge is 2.21. The summed E-state index contributed by atoms with van der Waals surface area (Å²) in [4.78, 5) is 24.8. The molecule has 0 heterocycles. The third kappa shape index (κ3) is 6.62. The molecule has 1 atom stereocenters. The highest BCUT2D eigenvalue weighted by atomic mass is 19.1. The van der Waals surface area contributed by atoms with Gasteiger partial charge in [-0.1, -0.05) is 13.0 Å². The summed E-state index contributed by atoms with van der Waals surface area (Å²) in [6.07, 6.45) is 0.310. The first-order valence-electron chi connectivity index (χ1n) is 7.87. The van der Waals surface area contributed by atoms with Crippen LogP contribution in [0.25, 0.3) is 0 Å². The van der Waals surface area contributed by atoms with Crippen LogP contribution >= 0.6 is 0 Å². The van der Waals surface area contributed by atoms with Gasteiger partial charge < -0.3 is 14.7 Å². The number of carboxylic acid groups (broad SMARTS) is 1. The van der Waals surface area contributed by atoms with Gasteiger partial charge in [0, 0.05) is 32.4 Å². The molecule has 0 saturated carbocycles. The van der Waals surface area contributed by atoms with E-state index in [9.17, 15) is 18.4 Å². The Morgan fingerprint density at radius 2 is 2.04 bits per heavy atom. The van der Waals surface area contributed by atoms with E-state index in [1.54, 1.807) is 0 Å². The molecule has 7 heteroatoms. The van der Waals surface area contributed by atoms with Gasteiger partial charge in [-0.05, 0) is 25.0 Å². The average Bonchev–Trinajstić information content (AvgIpc) is 2.52. The molecular formula is C17H23F2NO4. The second kappa shape index (κ2) is 9.97. The minimum Gasteiger partial charge on any atom is -0.481 e. The van der Waals surface area contributed by atoms with E-state index in [4.69, 9.17) is 9.84 Å². The van der Waals surface area contributed by atoms with Crippen LogP contribution in [0.1, 0.15) is 25.8 Å². The predicted octanol–water partition coefficient (Wildman–Crippen LogP) is 2.48. The standard InChI is InChI=1S/C17H23F2NO4/c1-3-24-8-4-7-20(11-12(2)17(22)23)16(21)9-13-5-6-14(18)10-15(13)19/h5-6,10,12H,3-4,7-9,11H2,1-2H3,(H,22,23). The quantitative estimate of drug-likeness (QED) is 0.663. The molecule has 0 fully saturated rings. The molecule has 0 radical (unpaired) electrons. The third-order valence-corrected chi connectivity index (χ3v) is 3.55. The van der Waals surface area contributed by atoms with Crippen LogP contribution < -0.4 is 0 Å². The Hall–Kier alpha value is -2.02. The largest absolute Gasteiger partial charge is 0.481 e. The summed E-state index contributed by atoms with van der Waals surface area (Å²) >= 11 is 0. The van der Waals surface area contributed by atoms with E-state index in [2.05, 4.69) is 0 Å². The topological polar surface area (TPSA) is 66.8 Å². The molecule has 0 aliphatic rings. The zero-order valence-electron chi connectivity index (χ0n) is 13.9. The lowest BCUT2D eigenvalue weighted by Gasteiger charge is -2.25. The van der Waals surface area contributed by atoms with Crippen molar-refractivity contribution in [1.29, 1.82) is 0 Å². The molecule has 0 aromatic heterocycles. The van der Waals surface area contributed by atoms with Crippen LogP contribution in [-0.2, 0) is 20.7 Å². The molecule has 1 aromatic carbocycles. The van der Waals surface area contributed by atoms with Crippen LogP contribution in [0.15, 0.2) is 18.2 Å². The lowest BCUT2D eigenvalue weighted by molar-refractivity contribution is -0.143. The molecule has 1 N–H and O–H groups in total. The van der Waals surface area contributed by atoms with Crippen molar-refractivity contribution in [2.45, 2.75) is 26.7 Å². The Labute approximate surface area is 140 Å². The van der Waals surface area contributed by atoms with E-state index in [1.165, 1.54) is 17.9 Å². The fourth-order valence-corrected chi connectivity index (χ4v) is 2.17. The molecule has 134 valence electrons. The zero-order chi connectivity index (χ0) is 18.1. The van der Waals surface area contributed by atoms with Gasteiger partial charge >= 0.3 is 5.97 Å². The van der Waals surface area contributed by atoms with E-state index in [1.807, 2.05) is 6.92 Å². The van der Waals surface area contributed by atoms with Gasteiger partial charge in [-0.25, -0.2) is 8.78 Å². The Morgan fingerprint density at radius 1 is 1.33 bits per heavy atom. The lowest BCUT2D eigenvalue weighted by Crippen LogP contribution is -2.39. The Bertz CT molecular complexity index is 566. The first-order valence-corrected chi connectivity index (χ1v) is 7.87. The van der Waals surface area contributed by atoms with Crippen molar-refractivity contribution in [3.8, 4) is 0 Å². The second-order valence-electron chi connectivity index (χ2n) is 5.54. The molecule has 5 nitrogen and oxygen atoms in total. The van der Waals surface area contributed by atoms with Gasteiger partial charge in [0.25, 0.3) is 0 Å². The summed E-state index contributed by atoms with van der Waals surface area (Å²) in [6, 6.07) is 3.04. The van der Waals surface area contributed by atoms with Gasteiger partial charge in [0.15, 0.2) is 0 Å². The summed E-state index contributed by atoms with van der Waals surface area (Å²) in [5.41, 5.74) is 0.0826. The first kappa shape index (κ1) is 20.0. The molecule has 1 aromatic rings. The fourth-order valence-electron chi connectivity index (χ4n) is 2.17. The number of aliphatic carboxylic acids is 1. The maximum atomic E-state index is 13.7. The summed E-state index contributed by atoms with van der Waals surface area (Å²) in [5, 5.41) is 9.02. The number of carbonyl (C=O) groups is 2. The second-order valence-corrected chi connectivity index (χ2v) is 5.54. The molecule has 0 saturated heterocycles. The monoisotopic (exact) mass is 343 g/mol. The van der Waals surface area contributed by atoms with Crippen LogP contribution in [-0.4, -0.2) is 48.2 Å². The first-order chi connectivity index (χ1) is 11.3. The van der Waals surface area contributed by atoms with Crippen LogP contribution in [0.2, 0.25) is 0 Å². The molecule has 0 spiro atoms. The van der Waals surface area contributed by atoms with Crippen LogP contribution in [0.4, 0.5) is 8.78 Å². The van der Waals surface area contributed by atoms with Crippen molar-refractivity contribution < 1.29 is 28.2 Å². The number of carbonyl (C=O) groups excluding carboxylic acids is 1. The SMILES string of the molecule is CCOCCCN(CC(C)C(=O)O)C(=O)Cc1ccc(F)cc1F. The Balaban J connectivity index is 2.75. The van der Waals surface area contributed by atoms with Crippen molar-refractivity contribution in [2.24, 2.45) is 5.92 Å². The molecule has 1 amide bonds. The zero-order valence-corrected chi connectivity index (χ0v) is 13.9. The van der Waals surface area contributed by atoms with Gasteiger partial charge in [-0.15, -0.1) is 0 Å². The van der Waals surface area contributed by atoms with Crippen LogP contribution in [0.5, 0.6) is 0 Å². The Kier molecular flexibility index (Phi) is 8.32. The van der Waals surface area contributed by atoms with E-state index >= 15 is 0 Å². The van der Waals surface area contributed by atoms with E-state index in [-0.39, 0.29) is 18.5 Å². The molecule has 24 heavy (non-hydrogen) atoms. The molecular weight excluding hydrogens is 320 g/mol. The van der Waals surface area contributed by atoms with Crippen molar-refractivity contribution in [3.05, 3.63) is 35.4 Å². The van der Waals surface area contributed by atoms with Crippen molar-refractivity contribution in [3.63, 3.8) is 0 Å². The summed E-state index contributed by atoms with van der Waals surface area (Å²) in [7, 11) is 0. The van der Waals surface area contributed by atoms with E-state index in [0.717, 1.165) is 12.1 Å². The molecule has 0 aliphatic carbocycles. The highest BCUT2D eigenvalue weighted by Crippen LogP contribution is 2.12. The van der Waals surface area contributed by atoms with E-state index < -0.39 is 29.4 Å². The highest BCUT2D eigenvalue weighted by molar-refractivity contribution is 5.79. The fraction of sp³-hybridized carbons (Fsp3) is 0.529. The molecule has 0 bridgehead atoms. The normalized spacial score (nSPS) is 12.0. The van der Waals surface area contributed by atoms with Gasteiger partial charge in [0.05, 0.1) is 12.3 Å². The maximum absolute atomic E-state index is 13.7. The minimum absolute atomic E-state index is 0.0309. The van der Waals surface area contributed by atoms with Crippen molar-refractivity contribution in [1.82, 2.24) is 4.90 Å². The lowest BCUT2D eigenvalue weighted by atomic mass is 10.1. The number of carboxylic acids is 1. The van der Waals surface area contributed by atoms with Crippen molar-refractivity contribution in [2.75, 3.05) is 26.3 Å². The van der Waals surface area contributed by atoms with Gasteiger partial charge in [-0.3, -0.25) is 9.59 Å². The number of ether oxygens (including phenoxy) is 1. The smallest absolute Gasteiger partial charge is 0.308 e. The number of rotatable bonds is 10. The number of hydrogen-bond donors (Lipinski definition) is 1. The molecule has 1 rings (SSSR count). The van der Waals surface area contributed by atoms with Gasteiger partial charge in [0.1, 0.15) is 11.6 Å². The van der Waals surface area contributed by atoms with Gasteiger partial charge in [-0.2, -0.15) is 0 Å². The summed E-state index contributed by atoms with van der Waals surface area (Å²) in [5.74, 6) is -3.64. The number of hydrogen-bond acceptors (Lipinski definition) is 3. The molecule has 1 unspecified atom stereocenters. The molecule has 0 aliphatic heterocycles. The number of amides is 1. The van der Waals surface area contributed by atoms with Crippen LogP contribution in [0, 0.1) is 17.6 Å².